The third-order valence-corrected chi connectivity index (χ3v) is 6.94. The average Bonchev–Trinajstić information content (AvgIpc) is 2.83. The number of nitrogens with zero attached hydrogens (tertiary/aromatic N) is 1. The van der Waals surface area contributed by atoms with Gasteiger partial charge in [-0.25, -0.2) is 8.42 Å². The van der Waals surface area contributed by atoms with Crippen LogP contribution in [0.1, 0.15) is 11.1 Å². The van der Waals surface area contributed by atoms with Crippen LogP contribution in [-0.4, -0.2) is 41.1 Å². The Morgan fingerprint density at radius 2 is 1.58 bits per heavy atom. The highest BCUT2D eigenvalue weighted by molar-refractivity contribution is 7.92. The van der Waals surface area contributed by atoms with Crippen LogP contribution in [0.5, 0.6) is 11.5 Å². The van der Waals surface area contributed by atoms with Crippen molar-refractivity contribution in [3.05, 3.63) is 83.9 Å². The van der Waals surface area contributed by atoms with Gasteiger partial charge in [-0.1, -0.05) is 24.3 Å². The molecule has 0 spiro atoms. The number of amides is 1. The largest absolute Gasteiger partial charge is 0.497 e. The Balaban J connectivity index is 1.69. The second-order valence-electron chi connectivity index (χ2n) is 7.47. The number of ether oxygens (including phenoxy) is 2. The van der Waals surface area contributed by atoms with E-state index < -0.39 is 15.9 Å². The first-order valence-electron chi connectivity index (χ1n) is 10.5. The molecule has 0 aliphatic rings. The fourth-order valence-electron chi connectivity index (χ4n) is 3.13. The van der Waals surface area contributed by atoms with Crippen molar-refractivity contribution in [2.24, 2.45) is 0 Å². The average molecular weight is 469 g/mol. The van der Waals surface area contributed by atoms with Crippen LogP contribution in [0.25, 0.3) is 0 Å². The lowest BCUT2D eigenvalue weighted by Crippen LogP contribution is -2.42. The first-order chi connectivity index (χ1) is 15.8. The van der Waals surface area contributed by atoms with Crippen LogP contribution in [-0.2, 0) is 14.8 Å². The van der Waals surface area contributed by atoms with Crippen molar-refractivity contribution in [2.75, 3.05) is 31.1 Å². The molecule has 0 radical (unpaired) electrons. The summed E-state index contributed by atoms with van der Waals surface area (Å²) in [4.78, 5) is 12.8. The van der Waals surface area contributed by atoms with Gasteiger partial charge in [0, 0.05) is 0 Å². The first-order valence-corrected chi connectivity index (χ1v) is 11.9. The molecule has 174 valence electrons. The number of anilines is 1. The molecular weight excluding hydrogens is 440 g/mol. The Bertz CT molecular complexity index is 1180. The molecule has 0 saturated carbocycles. The fraction of sp³-hybridized carbons (Fsp3) is 0.240. The third-order valence-electron chi connectivity index (χ3n) is 5.15. The van der Waals surface area contributed by atoms with Gasteiger partial charge in [0.1, 0.15) is 24.7 Å². The molecule has 8 heteroatoms. The molecule has 7 nitrogen and oxygen atoms in total. The van der Waals surface area contributed by atoms with Crippen molar-refractivity contribution >= 4 is 21.6 Å². The molecule has 1 N–H and O–H groups in total. The lowest BCUT2D eigenvalue weighted by atomic mass is 10.1. The third kappa shape index (κ3) is 6.26. The van der Waals surface area contributed by atoms with Crippen LogP contribution in [0.15, 0.2) is 77.7 Å². The van der Waals surface area contributed by atoms with Crippen molar-refractivity contribution in [3.8, 4) is 11.5 Å². The number of sulfonamides is 1. The standard InChI is InChI=1S/C25H28N2O5S/c1-19-9-10-21(17-20(19)2)27(33(29,30)24-7-5-4-6-8-24)18-25(28)26-15-16-32-23-13-11-22(31-3)12-14-23/h4-14,17H,15-16,18H2,1-3H3,(H,26,28). The molecule has 0 aromatic heterocycles. The zero-order chi connectivity index (χ0) is 23.8. The minimum atomic E-state index is -3.93. The summed E-state index contributed by atoms with van der Waals surface area (Å²) < 4.78 is 38.5. The second kappa shape index (κ2) is 10.9. The van der Waals surface area contributed by atoms with E-state index in [-0.39, 0.29) is 24.6 Å². The molecular formula is C25H28N2O5S. The minimum absolute atomic E-state index is 0.124. The van der Waals surface area contributed by atoms with Gasteiger partial charge in [0.2, 0.25) is 5.91 Å². The van der Waals surface area contributed by atoms with E-state index in [2.05, 4.69) is 5.32 Å². The highest BCUT2D eigenvalue weighted by Gasteiger charge is 2.27. The normalized spacial score (nSPS) is 11.0. The Morgan fingerprint density at radius 3 is 2.21 bits per heavy atom. The van der Waals surface area contributed by atoms with Crippen LogP contribution in [0.4, 0.5) is 5.69 Å². The van der Waals surface area contributed by atoms with Gasteiger partial charge in [-0.05, 0) is 73.5 Å². The quantitative estimate of drug-likeness (QED) is 0.459. The Hall–Kier alpha value is -3.52. The van der Waals surface area contributed by atoms with Gasteiger partial charge in [0.25, 0.3) is 10.0 Å². The molecule has 3 aromatic carbocycles. The number of hydrogen-bond acceptors (Lipinski definition) is 5. The summed E-state index contributed by atoms with van der Waals surface area (Å²) in [6.45, 7) is 3.99. The number of benzene rings is 3. The van der Waals surface area contributed by atoms with Gasteiger partial charge in [-0.3, -0.25) is 9.10 Å². The van der Waals surface area contributed by atoms with Crippen molar-refractivity contribution in [1.29, 1.82) is 0 Å². The van der Waals surface area contributed by atoms with Crippen molar-refractivity contribution in [3.63, 3.8) is 0 Å². The molecule has 0 saturated heterocycles. The van der Waals surface area contributed by atoms with Crippen LogP contribution in [0.2, 0.25) is 0 Å². The molecule has 33 heavy (non-hydrogen) atoms. The lowest BCUT2D eigenvalue weighted by molar-refractivity contribution is -0.119. The van der Waals surface area contributed by atoms with Gasteiger partial charge in [-0.15, -0.1) is 0 Å². The van der Waals surface area contributed by atoms with Crippen LogP contribution >= 0.6 is 0 Å². The van der Waals surface area contributed by atoms with E-state index in [4.69, 9.17) is 9.47 Å². The summed E-state index contributed by atoms with van der Waals surface area (Å²) in [5, 5.41) is 2.73. The first kappa shape index (κ1) is 24.1. The molecule has 0 unspecified atom stereocenters. The fourth-order valence-corrected chi connectivity index (χ4v) is 4.57. The molecule has 0 heterocycles. The number of carbonyl (C=O) groups excluding carboxylic acids is 1. The maximum absolute atomic E-state index is 13.3. The van der Waals surface area contributed by atoms with E-state index in [1.807, 2.05) is 19.9 Å². The SMILES string of the molecule is COc1ccc(OCCNC(=O)CN(c2ccc(C)c(C)c2)S(=O)(=O)c2ccccc2)cc1. The summed E-state index contributed by atoms with van der Waals surface area (Å²) in [6.07, 6.45) is 0. The van der Waals surface area contributed by atoms with E-state index in [0.29, 0.717) is 11.4 Å². The van der Waals surface area contributed by atoms with E-state index in [1.165, 1.54) is 12.1 Å². The second-order valence-corrected chi connectivity index (χ2v) is 9.33. The summed E-state index contributed by atoms with van der Waals surface area (Å²) >= 11 is 0. The molecule has 3 aromatic rings. The minimum Gasteiger partial charge on any atom is -0.497 e. The van der Waals surface area contributed by atoms with E-state index in [0.717, 1.165) is 21.2 Å². The zero-order valence-electron chi connectivity index (χ0n) is 18.9. The number of carbonyl (C=O) groups is 1. The number of nitrogens with one attached hydrogen (secondary N) is 1. The predicted molar refractivity (Wildman–Crippen MR) is 128 cm³/mol. The Morgan fingerprint density at radius 1 is 0.909 bits per heavy atom. The van der Waals surface area contributed by atoms with E-state index in [1.54, 1.807) is 61.7 Å². The Labute approximate surface area is 195 Å². The highest BCUT2D eigenvalue weighted by atomic mass is 32.2. The number of hydrogen-bond donors (Lipinski definition) is 1. The van der Waals surface area contributed by atoms with Gasteiger partial charge in [0.05, 0.1) is 24.2 Å². The maximum atomic E-state index is 13.3. The summed E-state index contributed by atoms with van der Waals surface area (Å²) in [5.74, 6) is 0.946. The van der Waals surface area contributed by atoms with Crippen molar-refractivity contribution in [1.82, 2.24) is 5.32 Å². The van der Waals surface area contributed by atoms with E-state index in [9.17, 15) is 13.2 Å². The molecule has 1 amide bonds. The molecule has 0 aliphatic carbocycles. The summed E-state index contributed by atoms with van der Waals surface area (Å²) in [6, 6.07) is 20.5. The molecule has 0 bridgehead atoms. The van der Waals surface area contributed by atoms with Crippen molar-refractivity contribution < 1.29 is 22.7 Å². The number of aryl methyl sites for hydroxylation is 2. The Kier molecular flexibility index (Phi) is 7.95. The number of rotatable bonds is 10. The molecule has 0 fully saturated rings. The molecule has 3 rings (SSSR count). The van der Waals surface area contributed by atoms with Crippen LogP contribution < -0.4 is 19.1 Å². The van der Waals surface area contributed by atoms with Gasteiger partial charge < -0.3 is 14.8 Å². The number of methoxy groups -OCH3 is 1. The topological polar surface area (TPSA) is 84.9 Å². The van der Waals surface area contributed by atoms with Crippen LogP contribution in [0.3, 0.4) is 0 Å². The highest BCUT2D eigenvalue weighted by Crippen LogP contribution is 2.25. The monoisotopic (exact) mass is 468 g/mol. The van der Waals surface area contributed by atoms with Crippen molar-refractivity contribution in [2.45, 2.75) is 18.7 Å². The zero-order valence-corrected chi connectivity index (χ0v) is 19.8. The smallest absolute Gasteiger partial charge is 0.264 e. The van der Waals surface area contributed by atoms with Gasteiger partial charge in [-0.2, -0.15) is 0 Å². The predicted octanol–water partition coefficient (Wildman–Crippen LogP) is 3.70. The van der Waals surface area contributed by atoms with Crippen LogP contribution in [0, 0.1) is 13.8 Å². The van der Waals surface area contributed by atoms with E-state index >= 15 is 0 Å². The maximum Gasteiger partial charge on any atom is 0.264 e. The summed E-state index contributed by atoms with van der Waals surface area (Å²) in [5.41, 5.74) is 2.41. The van der Waals surface area contributed by atoms with Gasteiger partial charge >= 0.3 is 0 Å². The lowest BCUT2D eigenvalue weighted by Gasteiger charge is -2.25. The molecule has 0 aliphatic heterocycles. The molecule has 0 atom stereocenters. The van der Waals surface area contributed by atoms with Gasteiger partial charge in [0.15, 0.2) is 0 Å². The summed E-state index contributed by atoms with van der Waals surface area (Å²) in [7, 11) is -2.34.